The summed E-state index contributed by atoms with van der Waals surface area (Å²) in [5, 5.41) is 22.0. The van der Waals surface area contributed by atoms with E-state index in [9.17, 15) is 49.4 Å². The Labute approximate surface area is 189 Å². The molecular weight excluding hydrogens is 527 g/mol. The van der Waals surface area contributed by atoms with Crippen LogP contribution in [0.4, 0.5) is 39.5 Å². The van der Waals surface area contributed by atoms with Crippen molar-refractivity contribution in [1.29, 1.82) is 5.26 Å². The molecule has 0 saturated carbocycles. The zero-order chi connectivity index (χ0) is 24.2. The van der Waals surface area contributed by atoms with E-state index in [4.69, 9.17) is 5.26 Å². The van der Waals surface area contributed by atoms with E-state index in [0.717, 1.165) is 13.0 Å². The molecule has 0 atom stereocenters. The SMILES string of the molecule is Cc1nn(-c2c(F)c(F)c(C#N)c(F)c2F)c(O)c1C(=O)c1c(F)c(F)c(F)c(F)c1F.[Zn]. The quantitative estimate of drug-likeness (QED) is 0.181. The molecule has 0 aliphatic carbocycles. The molecule has 0 aliphatic rings. The fourth-order valence-electron chi connectivity index (χ4n) is 2.77. The Morgan fingerprint density at radius 3 is 1.64 bits per heavy atom. The molecule has 2 aromatic carbocycles. The fourth-order valence-corrected chi connectivity index (χ4v) is 2.77. The number of aromatic hydroxyl groups is 1. The third kappa shape index (κ3) is 3.64. The van der Waals surface area contributed by atoms with Gasteiger partial charge in [-0.3, -0.25) is 4.79 Å². The summed E-state index contributed by atoms with van der Waals surface area (Å²) in [6.45, 7) is 0.807. The van der Waals surface area contributed by atoms with Crippen LogP contribution in [0.5, 0.6) is 5.88 Å². The number of ketones is 1. The van der Waals surface area contributed by atoms with Gasteiger partial charge in [0.25, 0.3) is 0 Å². The maximum atomic E-state index is 14.2. The average Bonchev–Trinajstić information content (AvgIpc) is 3.03. The van der Waals surface area contributed by atoms with Crippen molar-refractivity contribution in [2.24, 2.45) is 0 Å². The van der Waals surface area contributed by atoms with E-state index < -0.39 is 92.1 Å². The molecule has 1 aromatic heterocycles. The monoisotopic (exact) mass is 529 g/mol. The van der Waals surface area contributed by atoms with Crippen LogP contribution < -0.4 is 0 Å². The minimum Gasteiger partial charge on any atom is -0.493 e. The number of rotatable bonds is 3. The number of hydrogen-bond donors (Lipinski definition) is 1. The summed E-state index contributed by atoms with van der Waals surface area (Å²) in [5.41, 5.74) is -7.53. The molecule has 168 valence electrons. The van der Waals surface area contributed by atoms with Crippen molar-refractivity contribution in [3.05, 3.63) is 74.7 Å². The van der Waals surface area contributed by atoms with Crippen molar-refractivity contribution in [2.75, 3.05) is 0 Å². The fraction of sp³-hybridized carbons (Fsp3) is 0.0556. The smallest absolute Gasteiger partial charge is 0.226 e. The van der Waals surface area contributed by atoms with Crippen molar-refractivity contribution in [2.45, 2.75) is 6.92 Å². The summed E-state index contributed by atoms with van der Waals surface area (Å²) in [5.74, 6) is -25.3. The van der Waals surface area contributed by atoms with Gasteiger partial charge in [-0.2, -0.15) is 15.0 Å². The minimum absolute atomic E-state index is 0. The number of nitriles is 1. The van der Waals surface area contributed by atoms with Crippen LogP contribution in [0.25, 0.3) is 5.69 Å². The summed E-state index contributed by atoms with van der Waals surface area (Å²) in [7, 11) is 0. The standard InChI is InChI=1S/C18H4F9N3O2.Zn/c1-3-5(17(31)6-9(21)11(23)13(25)12(24)10(6)22)18(32)30(29-3)16-14(26)7(19)4(2-28)8(20)15(16)27;/h32H,1H3;. The molecule has 0 bridgehead atoms. The number of benzene rings is 2. The Balaban J connectivity index is 0.00000385. The Kier molecular flexibility index (Phi) is 6.94. The van der Waals surface area contributed by atoms with Gasteiger partial charge in [0, 0.05) is 19.5 Å². The van der Waals surface area contributed by atoms with Gasteiger partial charge in [0.15, 0.2) is 46.5 Å². The first-order valence-corrected chi connectivity index (χ1v) is 7.97. The van der Waals surface area contributed by atoms with E-state index in [2.05, 4.69) is 5.10 Å². The maximum Gasteiger partial charge on any atom is 0.226 e. The molecule has 0 radical (unpaired) electrons. The molecule has 0 saturated heterocycles. The van der Waals surface area contributed by atoms with Gasteiger partial charge in [-0.1, -0.05) is 0 Å². The van der Waals surface area contributed by atoms with E-state index in [0.29, 0.717) is 0 Å². The molecule has 0 fully saturated rings. The van der Waals surface area contributed by atoms with Crippen LogP contribution in [0.1, 0.15) is 27.2 Å². The number of nitrogens with zero attached hydrogens (tertiary/aromatic N) is 3. The van der Waals surface area contributed by atoms with Crippen molar-refractivity contribution in [3.63, 3.8) is 0 Å². The Morgan fingerprint density at radius 1 is 0.788 bits per heavy atom. The van der Waals surface area contributed by atoms with Crippen molar-refractivity contribution in [1.82, 2.24) is 9.78 Å². The molecular formula is C18H4F9N3O2Zn. The van der Waals surface area contributed by atoms with Gasteiger partial charge in [-0.25, -0.2) is 39.5 Å². The summed E-state index contributed by atoms with van der Waals surface area (Å²) in [4.78, 5) is 12.5. The molecule has 0 amide bonds. The van der Waals surface area contributed by atoms with Crippen LogP contribution in [0.2, 0.25) is 0 Å². The molecule has 0 spiro atoms. The summed E-state index contributed by atoms with van der Waals surface area (Å²) in [6, 6.07) is 0.861. The number of aromatic nitrogens is 2. The van der Waals surface area contributed by atoms with Crippen molar-refractivity contribution < 1.29 is 68.9 Å². The van der Waals surface area contributed by atoms with Crippen LogP contribution >= 0.6 is 0 Å². The van der Waals surface area contributed by atoms with E-state index in [-0.39, 0.29) is 24.2 Å². The van der Waals surface area contributed by atoms with Gasteiger partial charge >= 0.3 is 0 Å². The van der Waals surface area contributed by atoms with Crippen molar-refractivity contribution >= 4 is 5.78 Å². The van der Waals surface area contributed by atoms with Crippen LogP contribution in [-0.2, 0) is 19.5 Å². The number of carbonyl (C=O) groups is 1. The van der Waals surface area contributed by atoms with Crippen LogP contribution in [-0.4, -0.2) is 20.7 Å². The average molecular weight is 531 g/mol. The molecule has 0 unspecified atom stereocenters. The Hall–Kier alpha value is -3.40. The van der Waals surface area contributed by atoms with E-state index in [1.807, 2.05) is 0 Å². The van der Waals surface area contributed by atoms with Crippen molar-refractivity contribution in [3.8, 4) is 17.6 Å². The molecule has 1 N–H and O–H groups in total. The predicted octanol–water partition coefficient (Wildman–Crippen LogP) is 4.24. The second-order valence-electron chi connectivity index (χ2n) is 6.06. The third-order valence-corrected chi connectivity index (χ3v) is 4.26. The first-order valence-electron chi connectivity index (χ1n) is 7.97. The van der Waals surface area contributed by atoms with E-state index in [1.165, 1.54) is 0 Å². The number of hydrogen-bond acceptors (Lipinski definition) is 4. The third-order valence-electron chi connectivity index (χ3n) is 4.26. The normalized spacial score (nSPS) is 10.7. The second-order valence-corrected chi connectivity index (χ2v) is 6.06. The number of aryl methyl sites for hydroxylation is 1. The number of carbonyl (C=O) groups excluding carboxylic acids is 1. The van der Waals surface area contributed by atoms with E-state index >= 15 is 0 Å². The van der Waals surface area contributed by atoms with E-state index in [1.54, 1.807) is 0 Å². The van der Waals surface area contributed by atoms with Gasteiger partial charge in [0.2, 0.25) is 17.5 Å². The van der Waals surface area contributed by atoms with Gasteiger partial charge in [-0.05, 0) is 6.92 Å². The zero-order valence-corrected chi connectivity index (χ0v) is 18.8. The second kappa shape index (κ2) is 8.86. The first kappa shape index (κ1) is 25.9. The number of halogens is 9. The maximum absolute atomic E-state index is 14.2. The summed E-state index contributed by atoms with van der Waals surface area (Å²) in [6.07, 6.45) is 0. The molecule has 15 heteroatoms. The topological polar surface area (TPSA) is 78.9 Å². The van der Waals surface area contributed by atoms with Crippen LogP contribution in [0, 0.1) is 70.6 Å². The molecule has 3 aromatic rings. The van der Waals surface area contributed by atoms with Crippen LogP contribution in [0.15, 0.2) is 0 Å². The van der Waals surface area contributed by atoms with Gasteiger partial charge in [-0.15, -0.1) is 0 Å². The summed E-state index contributed by atoms with van der Waals surface area (Å²) < 4.78 is 124. The summed E-state index contributed by atoms with van der Waals surface area (Å²) >= 11 is 0. The Bertz CT molecular complexity index is 1320. The van der Waals surface area contributed by atoms with Crippen LogP contribution in [0.3, 0.4) is 0 Å². The zero-order valence-electron chi connectivity index (χ0n) is 15.8. The van der Waals surface area contributed by atoms with Gasteiger partial charge < -0.3 is 5.11 Å². The molecule has 3 rings (SSSR count). The Morgan fingerprint density at radius 2 is 1.21 bits per heavy atom. The molecule has 33 heavy (non-hydrogen) atoms. The minimum atomic E-state index is -2.58. The molecule has 1 heterocycles. The molecule has 0 aliphatic heterocycles. The predicted molar refractivity (Wildman–Crippen MR) is 84.2 cm³/mol. The van der Waals surface area contributed by atoms with Gasteiger partial charge in [0.1, 0.15) is 28.4 Å². The largest absolute Gasteiger partial charge is 0.493 e. The first-order chi connectivity index (χ1) is 14.9. The van der Waals surface area contributed by atoms with Gasteiger partial charge in [0.05, 0.1) is 5.69 Å². The molecule has 5 nitrogen and oxygen atoms in total.